The van der Waals surface area contributed by atoms with Gasteiger partial charge < -0.3 is 9.47 Å². The molecule has 2 nitrogen and oxygen atoms in total. The van der Waals surface area contributed by atoms with Gasteiger partial charge in [-0.2, -0.15) is 0 Å². The summed E-state index contributed by atoms with van der Waals surface area (Å²) < 4.78 is 10.4. The second-order valence-electron chi connectivity index (χ2n) is 4.04. The highest BCUT2D eigenvalue weighted by Gasteiger charge is 2.00. The molecule has 0 radical (unpaired) electrons. The summed E-state index contributed by atoms with van der Waals surface area (Å²) in [6, 6.07) is 6.17. The number of rotatable bonds is 5. The maximum absolute atomic E-state index is 5.31. The van der Waals surface area contributed by atoms with Gasteiger partial charge in [0, 0.05) is 12.7 Å². The molecule has 0 fully saturated rings. The van der Waals surface area contributed by atoms with Crippen molar-refractivity contribution in [2.75, 3.05) is 20.8 Å². The third-order valence-corrected chi connectivity index (χ3v) is 2.42. The van der Waals surface area contributed by atoms with Gasteiger partial charge in [0.2, 0.25) is 0 Å². The summed E-state index contributed by atoms with van der Waals surface area (Å²) in [6.07, 6.45) is 4.23. The van der Waals surface area contributed by atoms with Crippen LogP contribution in [0.3, 0.4) is 0 Å². The molecule has 0 amide bonds. The third kappa shape index (κ3) is 3.70. The van der Waals surface area contributed by atoms with Crippen LogP contribution in [0.2, 0.25) is 0 Å². The van der Waals surface area contributed by atoms with Gasteiger partial charge in [-0.05, 0) is 25.0 Å². The highest BCUT2D eigenvalue weighted by molar-refractivity contribution is 5.58. The first-order chi connectivity index (χ1) is 7.67. The molecule has 0 saturated carbocycles. The van der Waals surface area contributed by atoms with Crippen LogP contribution in [0.25, 0.3) is 6.08 Å². The Bertz CT molecular complexity index is 356. The van der Waals surface area contributed by atoms with Gasteiger partial charge in [-0.1, -0.05) is 30.7 Å². The molecule has 0 aliphatic heterocycles. The first kappa shape index (κ1) is 12.8. The lowest BCUT2D eigenvalue weighted by atomic mass is 10.1. The van der Waals surface area contributed by atoms with Crippen LogP contribution < -0.4 is 4.74 Å². The van der Waals surface area contributed by atoms with Crippen LogP contribution in [0.5, 0.6) is 5.75 Å². The SMILES string of the molecule is COC[C@H](C)/C=C/c1cc(C)ccc1OC. The van der Waals surface area contributed by atoms with Crippen molar-refractivity contribution in [3.05, 3.63) is 35.4 Å². The molecule has 16 heavy (non-hydrogen) atoms. The Hall–Kier alpha value is -1.28. The van der Waals surface area contributed by atoms with E-state index in [4.69, 9.17) is 9.47 Å². The minimum Gasteiger partial charge on any atom is -0.496 e. The van der Waals surface area contributed by atoms with Gasteiger partial charge in [0.25, 0.3) is 0 Å². The van der Waals surface area contributed by atoms with Crippen molar-refractivity contribution in [1.82, 2.24) is 0 Å². The minimum atomic E-state index is 0.412. The second-order valence-corrected chi connectivity index (χ2v) is 4.04. The van der Waals surface area contributed by atoms with E-state index in [1.165, 1.54) is 5.56 Å². The first-order valence-corrected chi connectivity index (χ1v) is 5.49. The summed E-state index contributed by atoms with van der Waals surface area (Å²) in [4.78, 5) is 0. The number of methoxy groups -OCH3 is 2. The first-order valence-electron chi connectivity index (χ1n) is 5.49. The van der Waals surface area contributed by atoms with Crippen LogP contribution in [0.15, 0.2) is 24.3 Å². The highest BCUT2D eigenvalue weighted by atomic mass is 16.5. The van der Waals surface area contributed by atoms with Gasteiger partial charge >= 0.3 is 0 Å². The summed E-state index contributed by atoms with van der Waals surface area (Å²) in [5.41, 5.74) is 2.35. The predicted octanol–water partition coefficient (Wildman–Crippen LogP) is 3.30. The van der Waals surface area contributed by atoms with E-state index in [1.807, 2.05) is 6.07 Å². The van der Waals surface area contributed by atoms with Crippen LogP contribution in [0, 0.1) is 12.8 Å². The number of aryl methyl sites for hydroxylation is 1. The van der Waals surface area contributed by atoms with Gasteiger partial charge in [-0.3, -0.25) is 0 Å². The van der Waals surface area contributed by atoms with E-state index in [0.717, 1.165) is 17.9 Å². The largest absolute Gasteiger partial charge is 0.496 e. The van der Waals surface area contributed by atoms with Crippen molar-refractivity contribution in [3.63, 3.8) is 0 Å². The summed E-state index contributed by atoms with van der Waals surface area (Å²) >= 11 is 0. The maximum atomic E-state index is 5.31. The molecule has 1 atom stereocenters. The zero-order valence-corrected chi connectivity index (χ0v) is 10.5. The van der Waals surface area contributed by atoms with Crippen molar-refractivity contribution in [2.24, 2.45) is 5.92 Å². The maximum Gasteiger partial charge on any atom is 0.126 e. The highest BCUT2D eigenvalue weighted by Crippen LogP contribution is 2.21. The van der Waals surface area contributed by atoms with E-state index in [1.54, 1.807) is 14.2 Å². The molecule has 0 aliphatic carbocycles. The standard InChI is InChI=1S/C14H20O2/c1-11-6-8-14(16-4)13(9-11)7-5-12(2)10-15-3/h5-9,12H,10H2,1-4H3/b7-5+/t12-/m1/s1. The molecular weight excluding hydrogens is 200 g/mol. The fourth-order valence-corrected chi connectivity index (χ4v) is 1.57. The summed E-state index contributed by atoms with van der Waals surface area (Å²) in [7, 11) is 3.41. The number of hydrogen-bond acceptors (Lipinski definition) is 2. The van der Waals surface area contributed by atoms with E-state index in [9.17, 15) is 0 Å². The average molecular weight is 220 g/mol. The second kappa shape index (κ2) is 6.33. The lowest BCUT2D eigenvalue weighted by Gasteiger charge is -2.07. The molecule has 0 spiro atoms. The van der Waals surface area contributed by atoms with Crippen molar-refractivity contribution in [2.45, 2.75) is 13.8 Å². The van der Waals surface area contributed by atoms with Crippen molar-refractivity contribution in [1.29, 1.82) is 0 Å². The van der Waals surface area contributed by atoms with E-state index < -0.39 is 0 Å². The Morgan fingerprint density at radius 2 is 2.06 bits per heavy atom. The number of hydrogen-bond donors (Lipinski definition) is 0. The van der Waals surface area contributed by atoms with Gasteiger partial charge in [0.15, 0.2) is 0 Å². The summed E-state index contributed by atoms with van der Waals surface area (Å²) in [5, 5.41) is 0. The van der Waals surface area contributed by atoms with E-state index >= 15 is 0 Å². The fraction of sp³-hybridized carbons (Fsp3) is 0.429. The van der Waals surface area contributed by atoms with Crippen molar-refractivity contribution < 1.29 is 9.47 Å². The molecule has 2 heteroatoms. The molecule has 1 aromatic carbocycles. The van der Waals surface area contributed by atoms with Gasteiger partial charge in [0.05, 0.1) is 13.7 Å². The Balaban J connectivity index is 2.82. The van der Waals surface area contributed by atoms with Crippen LogP contribution in [-0.2, 0) is 4.74 Å². The molecule has 0 bridgehead atoms. The Kier molecular flexibility index (Phi) is 5.06. The van der Waals surface area contributed by atoms with E-state index in [0.29, 0.717) is 5.92 Å². The monoisotopic (exact) mass is 220 g/mol. The third-order valence-electron chi connectivity index (χ3n) is 2.42. The topological polar surface area (TPSA) is 18.5 Å². The smallest absolute Gasteiger partial charge is 0.126 e. The summed E-state index contributed by atoms with van der Waals surface area (Å²) in [5.74, 6) is 1.32. The molecule has 88 valence electrons. The lowest BCUT2D eigenvalue weighted by Crippen LogP contribution is -1.99. The van der Waals surface area contributed by atoms with Crippen LogP contribution in [0.1, 0.15) is 18.1 Å². The number of benzene rings is 1. The average Bonchev–Trinajstić information content (AvgIpc) is 2.27. The van der Waals surface area contributed by atoms with Crippen molar-refractivity contribution >= 4 is 6.08 Å². The normalized spacial score (nSPS) is 13.0. The molecule has 1 rings (SSSR count). The molecule has 0 aliphatic rings. The van der Waals surface area contributed by atoms with Gasteiger partial charge in [-0.25, -0.2) is 0 Å². The van der Waals surface area contributed by atoms with Crippen LogP contribution in [-0.4, -0.2) is 20.8 Å². The Morgan fingerprint density at radius 1 is 1.31 bits per heavy atom. The zero-order chi connectivity index (χ0) is 12.0. The Labute approximate surface area is 97.9 Å². The lowest BCUT2D eigenvalue weighted by molar-refractivity contribution is 0.176. The quantitative estimate of drug-likeness (QED) is 0.758. The molecule has 0 saturated heterocycles. The molecule has 1 aromatic rings. The minimum absolute atomic E-state index is 0.412. The van der Waals surface area contributed by atoms with E-state index in [-0.39, 0.29) is 0 Å². The van der Waals surface area contributed by atoms with Gasteiger partial charge in [0.1, 0.15) is 5.75 Å². The molecule has 0 heterocycles. The molecule has 0 aromatic heterocycles. The van der Waals surface area contributed by atoms with Crippen molar-refractivity contribution in [3.8, 4) is 5.75 Å². The molecule has 0 N–H and O–H groups in total. The van der Waals surface area contributed by atoms with Crippen LogP contribution in [0.4, 0.5) is 0 Å². The summed E-state index contributed by atoms with van der Waals surface area (Å²) in [6.45, 7) is 4.95. The zero-order valence-electron chi connectivity index (χ0n) is 10.5. The fourth-order valence-electron chi connectivity index (χ4n) is 1.57. The Morgan fingerprint density at radius 3 is 2.69 bits per heavy atom. The molecule has 0 unspecified atom stereocenters. The predicted molar refractivity (Wildman–Crippen MR) is 67.8 cm³/mol. The molecular formula is C14H20O2. The van der Waals surface area contributed by atoms with Gasteiger partial charge in [-0.15, -0.1) is 0 Å². The number of ether oxygens (including phenoxy) is 2. The van der Waals surface area contributed by atoms with Crippen LogP contribution >= 0.6 is 0 Å². The van der Waals surface area contributed by atoms with E-state index in [2.05, 4.69) is 38.1 Å².